The number of carbonyl (C=O) groups excluding carboxylic acids is 1. The molecule has 0 aliphatic heterocycles. The second-order valence-corrected chi connectivity index (χ2v) is 6.90. The summed E-state index contributed by atoms with van der Waals surface area (Å²) < 4.78 is 4.98. The van der Waals surface area contributed by atoms with Gasteiger partial charge in [0, 0.05) is 6.08 Å². The molecule has 0 saturated carbocycles. The lowest BCUT2D eigenvalue weighted by molar-refractivity contribution is -0.139. The topological polar surface area (TPSA) is 26.3 Å². The number of ether oxygens (including phenoxy) is 1. The molecule has 0 amide bonds. The smallest absolute Gasteiger partial charge is 0.330 e. The van der Waals surface area contributed by atoms with Crippen molar-refractivity contribution in [2.75, 3.05) is 6.61 Å². The van der Waals surface area contributed by atoms with Crippen LogP contribution in [0, 0.1) is 5.92 Å². The van der Waals surface area contributed by atoms with Crippen molar-refractivity contribution >= 4 is 24.2 Å². The molecule has 1 atom stereocenters. The SMILES string of the molecule is C=CC(=O)OCC(CC)CCCC.C=Cc1ccccc1.C=Cc1ccccc1C=C. The van der Waals surface area contributed by atoms with Crippen molar-refractivity contribution in [3.8, 4) is 0 Å². The molecule has 0 bridgehead atoms. The first-order chi connectivity index (χ1) is 15.1. The Bertz CT molecular complexity index is 747. The average molecular weight is 419 g/mol. The van der Waals surface area contributed by atoms with Crippen molar-refractivity contribution in [2.24, 2.45) is 5.92 Å². The van der Waals surface area contributed by atoms with Crippen molar-refractivity contribution in [2.45, 2.75) is 39.5 Å². The van der Waals surface area contributed by atoms with Gasteiger partial charge in [-0.15, -0.1) is 0 Å². The first-order valence-corrected chi connectivity index (χ1v) is 10.9. The molecule has 0 spiro atoms. The summed E-state index contributed by atoms with van der Waals surface area (Å²) in [5, 5.41) is 0. The Kier molecular flexibility index (Phi) is 17.0. The van der Waals surface area contributed by atoms with E-state index in [4.69, 9.17) is 4.74 Å². The van der Waals surface area contributed by atoms with Gasteiger partial charge in [0.2, 0.25) is 0 Å². The van der Waals surface area contributed by atoms with Gasteiger partial charge in [-0.3, -0.25) is 0 Å². The van der Waals surface area contributed by atoms with Gasteiger partial charge in [-0.1, -0.05) is 132 Å². The van der Waals surface area contributed by atoms with Gasteiger partial charge >= 0.3 is 5.97 Å². The van der Waals surface area contributed by atoms with Crippen LogP contribution in [0.2, 0.25) is 0 Å². The largest absolute Gasteiger partial charge is 0.462 e. The zero-order valence-corrected chi connectivity index (χ0v) is 19.3. The second kappa shape index (κ2) is 18.9. The summed E-state index contributed by atoms with van der Waals surface area (Å²) in [6.45, 7) is 19.2. The number of unbranched alkanes of at least 4 members (excludes halogenated alkanes) is 1. The minimum Gasteiger partial charge on any atom is -0.462 e. The minimum atomic E-state index is -0.310. The van der Waals surface area contributed by atoms with Crippen molar-refractivity contribution in [1.29, 1.82) is 0 Å². The first kappa shape index (κ1) is 27.9. The fourth-order valence-electron chi connectivity index (χ4n) is 2.63. The van der Waals surface area contributed by atoms with E-state index in [0.717, 1.165) is 24.0 Å². The minimum absolute atomic E-state index is 0.310. The Hall–Kier alpha value is -3.13. The lowest BCUT2D eigenvalue weighted by Crippen LogP contribution is -2.12. The maximum absolute atomic E-state index is 10.8. The molecule has 31 heavy (non-hydrogen) atoms. The Labute approximate surface area is 189 Å². The van der Waals surface area contributed by atoms with Crippen LogP contribution in [0.1, 0.15) is 56.2 Å². The van der Waals surface area contributed by atoms with Crippen LogP contribution in [0.5, 0.6) is 0 Å². The Morgan fingerprint density at radius 3 is 1.81 bits per heavy atom. The number of benzene rings is 2. The van der Waals surface area contributed by atoms with Crippen LogP contribution >= 0.6 is 0 Å². The molecule has 0 aliphatic rings. The molecular weight excluding hydrogens is 380 g/mol. The summed E-state index contributed by atoms with van der Waals surface area (Å²) in [4.78, 5) is 10.8. The average Bonchev–Trinajstić information content (AvgIpc) is 2.85. The molecule has 0 aliphatic carbocycles. The molecule has 0 fully saturated rings. The Morgan fingerprint density at radius 1 is 0.871 bits per heavy atom. The van der Waals surface area contributed by atoms with E-state index >= 15 is 0 Å². The summed E-state index contributed by atoms with van der Waals surface area (Å²) >= 11 is 0. The summed E-state index contributed by atoms with van der Waals surface area (Å²) in [6, 6.07) is 18.0. The van der Waals surface area contributed by atoms with Crippen LogP contribution in [-0.4, -0.2) is 12.6 Å². The van der Waals surface area contributed by atoms with E-state index in [9.17, 15) is 4.79 Å². The number of rotatable bonds is 10. The lowest BCUT2D eigenvalue weighted by Gasteiger charge is -2.13. The third-order valence-corrected chi connectivity index (χ3v) is 4.64. The fourth-order valence-corrected chi connectivity index (χ4v) is 2.63. The number of hydrogen-bond donors (Lipinski definition) is 0. The predicted molar refractivity (Wildman–Crippen MR) is 138 cm³/mol. The normalized spacial score (nSPS) is 10.1. The highest BCUT2D eigenvalue weighted by Gasteiger charge is 2.07. The van der Waals surface area contributed by atoms with Gasteiger partial charge in [0.1, 0.15) is 0 Å². The lowest BCUT2D eigenvalue weighted by atomic mass is 10.0. The molecule has 0 heterocycles. The van der Waals surface area contributed by atoms with Crippen LogP contribution in [0.3, 0.4) is 0 Å². The fraction of sp³-hybridized carbons (Fsp3) is 0.276. The van der Waals surface area contributed by atoms with E-state index in [1.807, 2.05) is 72.8 Å². The van der Waals surface area contributed by atoms with E-state index in [0.29, 0.717) is 12.5 Å². The van der Waals surface area contributed by atoms with Crippen LogP contribution in [-0.2, 0) is 9.53 Å². The van der Waals surface area contributed by atoms with Gasteiger partial charge < -0.3 is 4.74 Å². The van der Waals surface area contributed by atoms with Gasteiger partial charge in [-0.25, -0.2) is 4.79 Å². The van der Waals surface area contributed by atoms with Crippen molar-refractivity contribution in [1.82, 2.24) is 0 Å². The van der Waals surface area contributed by atoms with E-state index in [-0.39, 0.29) is 5.97 Å². The van der Waals surface area contributed by atoms with Crippen LogP contribution in [0.4, 0.5) is 0 Å². The predicted octanol–water partition coefficient (Wildman–Crippen LogP) is 8.23. The third kappa shape index (κ3) is 13.7. The maximum Gasteiger partial charge on any atom is 0.330 e. The van der Waals surface area contributed by atoms with Crippen LogP contribution in [0.15, 0.2) is 87.0 Å². The molecule has 0 radical (unpaired) electrons. The highest BCUT2D eigenvalue weighted by atomic mass is 16.5. The quantitative estimate of drug-likeness (QED) is 0.287. The monoisotopic (exact) mass is 418 g/mol. The number of hydrogen-bond acceptors (Lipinski definition) is 2. The van der Waals surface area contributed by atoms with Gasteiger partial charge in [-0.2, -0.15) is 0 Å². The zero-order chi connectivity index (χ0) is 23.3. The zero-order valence-electron chi connectivity index (χ0n) is 19.3. The summed E-state index contributed by atoms with van der Waals surface area (Å²) in [7, 11) is 0. The molecular formula is C29H38O2. The van der Waals surface area contributed by atoms with Crippen molar-refractivity contribution < 1.29 is 9.53 Å². The van der Waals surface area contributed by atoms with Crippen LogP contribution in [0.25, 0.3) is 18.2 Å². The molecule has 2 aromatic carbocycles. The summed E-state index contributed by atoms with van der Waals surface area (Å²) in [5.74, 6) is 0.207. The molecule has 2 heteroatoms. The van der Waals surface area contributed by atoms with Crippen LogP contribution < -0.4 is 0 Å². The number of carbonyl (C=O) groups is 1. The molecule has 2 aromatic rings. The Balaban J connectivity index is 0.000000447. The van der Waals surface area contributed by atoms with Gasteiger partial charge in [-0.05, 0) is 29.0 Å². The standard InChI is InChI=1S/C11H20O2.C10H10.C8H8/c1-4-7-8-10(5-2)9-13-11(12)6-3;1-3-9-7-5-6-8-10(9)4-2;1-2-8-6-4-3-5-7-8/h6,10H,3-5,7-9H2,1-2H3;3-8H,1-2H2;2-7H,1H2. The first-order valence-electron chi connectivity index (χ1n) is 10.9. The summed E-state index contributed by atoms with van der Waals surface area (Å²) in [5.41, 5.74) is 3.45. The van der Waals surface area contributed by atoms with E-state index in [1.165, 1.54) is 24.5 Å². The highest BCUT2D eigenvalue weighted by molar-refractivity contribution is 5.81. The second-order valence-electron chi connectivity index (χ2n) is 6.90. The maximum atomic E-state index is 10.8. The molecule has 1 unspecified atom stereocenters. The Morgan fingerprint density at radius 2 is 1.42 bits per heavy atom. The van der Waals surface area contributed by atoms with Gasteiger partial charge in [0.05, 0.1) is 6.61 Å². The highest BCUT2D eigenvalue weighted by Crippen LogP contribution is 2.13. The van der Waals surface area contributed by atoms with Gasteiger partial charge in [0.15, 0.2) is 0 Å². The third-order valence-electron chi connectivity index (χ3n) is 4.64. The van der Waals surface area contributed by atoms with Gasteiger partial charge in [0.25, 0.3) is 0 Å². The molecule has 2 nitrogen and oxygen atoms in total. The summed E-state index contributed by atoms with van der Waals surface area (Å²) in [6.07, 6.45) is 11.3. The van der Waals surface area contributed by atoms with Crippen molar-refractivity contribution in [3.05, 3.63) is 104 Å². The van der Waals surface area contributed by atoms with E-state index in [1.54, 1.807) is 0 Å². The van der Waals surface area contributed by atoms with Crippen molar-refractivity contribution in [3.63, 3.8) is 0 Å². The molecule has 2 rings (SSSR count). The number of esters is 1. The van der Waals surface area contributed by atoms with E-state index in [2.05, 4.69) is 40.2 Å². The molecule has 0 aromatic heterocycles. The van der Waals surface area contributed by atoms with E-state index < -0.39 is 0 Å². The molecule has 0 saturated heterocycles. The molecule has 0 N–H and O–H groups in total. The molecule has 166 valence electrons.